The zero-order valence-electron chi connectivity index (χ0n) is 11.5. The number of anilines is 1. The Kier molecular flexibility index (Phi) is 2.83. The highest BCUT2D eigenvalue weighted by Crippen LogP contribution is 2.69. The number of nitrogens with zero attached hydrogens (tertiary/aromatic N) is 1. The molecule has 4 rings (SSSR count). The maximum absolute atomic E-state index is 12.6. The van der Waals surface area contributed by atoms with Gasteiger partial charge in [0.05, 0.1) is 5.41 Å². The lowest BCUT2D eigenvalue weighted by Gasteiger charge is -2.67. The van der Waals surface area contributed by atoms with Crippen LogP contribution < -0.4 is 4.90 Å². The van der Waals surface area contributed by atoms with Gasteiger partial charge in [0, 0.05) is 43.6 Å². The first-order valence-corrected chi connectivity index (χ1v) is 6.97. The largest absolute Gasteiger partial charge is 0.447 e. The van der Waals surface area contributed by atoms with E-state index in [9.17, 15) is 9.59 Å². The molecule has 3 aliphatic carbocycles. The number of ether oxygens (including phenoxy) is 1. The lowest BCUT2D eigenvalue weighted by atomic mass is 9.40. The average molecular weight is 294 g/mol. The molecule has 4 nitrogen and oxygen atoms in total. The molecule has 0 heterocycles. The minimum atomic E-state index is -0.780. The van der Waals surface area contributed by atoms with Crippen molar-refractivity contribution in [1.29, 1.82) is 0 Å². The summed E-state index contributed by atoms with van der Waals surface area (Å²) in [7, 11) is 1.79. The normalized spacial score (nSPS) is 29.9. The predicted octanol–water partition coefficient (Wildman–Crippen LogP) is 3.26. The molecule has 0 radical (unpaired) electrons. The van der Waals surface area contributed by atoms with E-state index in [0.717, 1.165) is 11.3 Å². The van der Waals surface area contributed by atoms with Crippen LogP contribution in [0.2, 0.25) is 0 Å². The molecule has 5 heteroatoms. The monoisotopic (exact) mass is 293 g/mol. The van der Waals surface area contributed by atoms with Crippen LogP contribution in [0.4, 0.5) is 10.5 Å². The molecule has 106 valence electrons. The number of halogens is 1. The molecule has 20 heavy (non-hydrogen) atoms. The number of hydrogen-bond acceptors (Lipinski definition) is 3. The van der Waals surface area contributed by atoms with Crippen LogP contribution >= 0.6 is 11.6 Å². The van der Waals surface area contributed by atoms with Crippen LogP contribution in [0.25, 0.3) is 0 Å². The molecular weight excluding hydrogens is 278 g/mol. The van der Waals surface area contributed by atoms with Crippen LogP contribution in [0, 0.1) is 12.3 Å². The Morgan fingerprint density at radius 2 is 1.95 bits per heavy atom. The summed E-state index contributed by atoms with van der Waals surface area (Å²) in [6.07, 6.45) is 1.77. The van der Waals surface area contributed by atoms with Gasteiger partial charge in [0.2, 0.25) is 5.91 Å². The standard InChI is InChI=1S/C15H16ClNO3/c1-10-4-3-5-11(6-10)17(2)12(18)14-7-15(8-14,9-14)20-13(16)19/h3-6H,7-9H2,1-2H3. The summed E-state index contributed by atoms with van der Waals surface area (Å²) in [6, 6.07) is 7.84. The molecule has 0 N–H and O–H groups in total. The molecule has 1 aromatic rings. The molecule has 0 atom stereocenters. The fourth-order valence-corrected chi connectivity index (χ4v) is 3.67. The summed E-state index contributed by atoms with van der Waals surface area (Å²) >= 11 is 5.24. The number of benzene rings is 1. The highest BCUT2D eigenvalue weighted by Gasteiger charge is 2.74. The Bertz CT molecular complexity index is 579. The number of hydrogen-bond donors (Lipinski definition) is 0. The van der Waals surface area contributed by atoms with E-state index in [1.54, 1.807) is 11.9 Å². The number of aryl methyl sites for hydroxylation is 1. The molecule has 3 fully saturated rings. The smallest absolute Gasteiger partial charge is 0.404 e. The second-order valence-corrected chi connectivity index (χ2v) is 6.35. The Morgan fingerprint density at radius 3 is 2.50 bits per heavy atom. The van der Waals surface area contributed by atoms with Gasteiger partial charge in [0.15, 0.2) is 0 Å². The Morgan fingerprint density at radius 1 is 1.30 bits per heavy atom. The molecule has 0 unspecified atom stereocenters. The molecule has 2 bridgehead atoms. The van der Waals surface area contributed by atoms with Gasteiger partial charge in [-0.2, -0.15) is 0 Å². The van der Waals surface area contributed by atoms with E-state index < -0.39 is 11.0 Å². The minimum Gasteiger partial charge on any atom is -0.447 e. The Labute approximate surface area is 122 Å². The van der Waals surface area contributed by atoms with Gasteiger partial charge in [-0.05, 0) is 24.6 Å². The number of amides is 1. The van der Waals surface area contributed by atoms with Gasteiger partial charge in [-0.3, -0.25) is 4.79 Å². The number of carbonyl (C=O) groups excluding carboxylic acids is 2. The molecule has 1 amide bonds. The van der Waals surface area contributed by atoms with Crippen molar-refractivity contribution in [1.82, 2.24) is 0 Å². The summed E-state index contributed by atoms with van der Waals surface area (Å²) in [5.41, 5.74) is 0.403. The molecule has 3 saturated carbocycles. The summed E-state index contributed by atoms with van der Waals surface area (Å²) in [5, 5.41) is 0. The second-order valence-electron chi connectivity index (χ2n) is 6.04. The minimum absolute atomic E-state index is 0.0931. The molecular formula is C15H16ClNO3. The summed E-state index contributed by atoms with van der Waals surface area (Å²) < 4.78 is 5.08. The van der Waals surface area contributed by atoms with E-state index in [-0.39, 0.29) is 11.3 Å². The highest BCUT2D eigenvalue weighted by molar-refractivity contribution is 6.61. The number of carbonyl (C=O) groups is 2. The molecule has 0 aromatic heterocycles. The topological polar surface area (TPSA) is 46.6 Å². The van der Waals surface area contributed by atoms with Crippen molar-refractivity contribution in [2.24, 2.45) is 5.41 Å². The van der Waals surface area contributed by atoms with E-state index in [4.69, 9.17) is 16.3 Å². The first-order valence-electron chi connectivity index (χ1n) is 6.59. The number of rotatable bonds is 3. The van der Waals surface area contributed by atoms with Gasteiger partial charge >= 0.3 is 5.43 Å². The zero-order chi connectivity index (χ0) is 14.5. The third kappa shape index (κ3) is 1.90. The van der Waals surface area contributed by atoms with Gasteiger partial charge in [-0.1, -0.05) is 12.1 Å². The molecule has 0 spiro atoms. The van der Waals surface area contributed by atoms with Crippen LogP contribution in [0.15, 0.2) is 24.3 Å². The summed E-state index contributed by atoms with van der Waals surface area (Å²) in [6.45, 7) is 2.00. The second kappa shape index (κ2) is 4.22. The van der Waals surface area contributed by atoms with Crippen LogP contribution in [-0.4, -0.2) is 24.0 Å². The summed E-state index contributed by atoms with van der Waals surface area (Å²) in [5.74, 6) is 0.0931. The third-order valence-electron chi connectivity index (χ3n) is 4.43. The molecule has 1 aromatic carbocycles. The molecule has 0 aliphatic heterocycles. The van der Waals surface area contributed by atoms with Crippen molar-refractivity contribution in [2.75, 3.05) is 11.9 Å². The quantitative estimate of drug-likeness (QED) is 0.804. The van der Waals surface area contributed by atoms with Crippen LogP contribution in [0.5, 0.6) is 0 Å². The molecule has 0 saturated heterocycles. The van der Waals surface area contributed by atoms with Crippen molar-refractivity contribution < 1.29 is 14.3 Å². The SMILES string of the molecule is Cc1cccc(N(C)C(=O)C23CC(OC(=O)Cl)(C2)C3)c1. The predicted molar refractivity (Wildman–Crippen MR) is 75.9 cm³/mol. The zero-order valence-corrected chi connectivity index (χ0v) is 12.2. The maximum Gasteiger partial charge on any atom is 0.404 e. The average Bonchev–Trinajstić information content (AvgIpc) is 2.30. The van der Waals surface area contributed by atoms with E-state index in [1.807, 2.05) is 31.2 Å². The van der Waals surface area contributed by atoms with Gasteiger partial charge < -0.3 is 9.64 Å². The Balaban J connectivity index is 1.69. The first-order chi connectivity index (χ1) is 9.36. The lowest BCUT2D eigenvalue weighted by Crippen LogP contribution is -2.73. The fraction of sp³-hybridized carbons (Fsp3) is 0.467. The summed E-state index contributed by atoms with van der Waals surface area (Å²) in [4.78, 5) is 25.1. The molecule has 3 aliphatic rings. The van der Waals surface area contributed by atoms with E-state index >= 15 is 0 Å². The van der Waals surface area contributed by atoms with Gasteiger partial charge in [-0.25, -0.2) is 4.79 Å². The van der Waals surface area contributed by atoms with Crippen LogP contribution in [-0.2, 0) is 9.53 Å². The van der Waals surface area contributed by atoms with Gasteiger partial charge in [-0.15, -0.1) is 0 Å². The fourth-order valence-electron chi connectivity index (χ4n) is 3.51. The maximum atomic E-state index is 12.6. The van der Waals surface area contributed by atoms with Crippen molar-refractivity contribution in [2.45, 2.75) is 31.8 Å². The van der Waals surface area contributed by atoms with E-state index in [2.05, 4.69) is 0 Å². The van der Waals surface area contributed by atoms with Crippen LogP contribution in [0.3, 0.4) is 0 Å². The van der Waals surface area contributed by atoms with Crippen molar-refractivity contribution in [3.05, 3.63) is 29.8 Å². The van der Waals surface area contributed by atoms with Crippen molar-refractivity contribution >= 4 is 28.6 Å². The van der Waals surface area contributed by atoms with E-state index in [0.29, 0.717) is 19.3 Å². The first kappa shape index (κ1) is 13.4. The highest BCUT2D eigenvalue weighted by atomic mass is 35.5. The lowest BCUT2D eigenvalue weighted by molar-refractivity contribution is -0.243. The van der Waals surface area contributed by atoms with Crippen molar-refractivity contribution in [3.8, 4) is 0 Å². The Hall–Kier alpha value is -1.55. The van der Waals surface area contributed by atoms with Crippen molar-refractivity contribution in [3.63, 3.8) is 0 Å². The third-order valence-corrected chi connectivity index (χ3v) is 4.50. The van der Waals surface area contributed by atoms with Gasteiger partial charge in [0.25, 0.3) is 0 Å². The van der Waals surface area contributed by atoms with Crippen LogP contribution in [0.1, 0.15) is 24.8 Å². The van der Waals surface area contributed by atoms with Gasteiger partial charge in [0.1, 0.15) is 5.60 Å². The van der Waals surface area contributed by atoms with E-state index in [1.165, 1.54) is 0 Å².